The topological polar surface area (TPSA) is 32.3 Å². The molecule has 1 aliphatic heterocycles. The van der Waals surface area contributed by atoms with E-state index in [2.05, 4.69) is 41.7 Å². The molecule has 1 saturated heterocycles. The zero-order valence-corrected chi connectivity index (χ0v) is 16.3. The van der Waals surface area contributed by atoms with Gasteiger partial charge < -0.3 is 10.2 Å². The van der Waals surface area contributed by atoms with Crippen molar-refractivity contribution in [3.8, 4) is 0 Å². The summed E-state index contributed by atoms with van der Waals surface area (Å²) in [5.74, 6) is 1.88. The first-order valence-electron chi connectivity index (χ1n) is 9.47. The molecule has 4 heteroatoms. The molecule has 1 aliphatic rings. The van der Waals surface area contributed by atoms with Crippen molar-refractivity contribution in [1.82, 2.24) is 10.2 Å². The van der Waals surface area contributed by atoms with Gasteiger partial charge in [0.15, 0.2) is 0 Å². The number of amides is 1. The highest BCUT2D eigenvalue weighted by molar-refractivity contribution is 7.98. The number of rotatable bonds is 7. The van der Waals surface area contributed by atoms with Crippen LogP contribution in [0.4, 0.5) is 0 Å². The van der Waals surface area contributed by atoms with Crippen LogP contribution in [-0.2, 0) is 5.75 Å². The second kappa shape index (κ2) is 9.79. The number of nitrogens with one attached hydrogen (secondary N) is 1. The van der Waals surface area contributed by atoms with Gasteiger partial charge in [0.2, 0.25) is 0 Å². The Kier molecular flexibility index (Phi) is 7.15. The van der Waals surface area contributed by atoms with Crippen molar-refractivity contribution >= 4 is 17.7 Å². The molecule has 0 aliphatic carbocycles. The quantitative estimate of drug-likeness (QED) is 0.733. The Balaban J connectivity index is 1.49. The summed E-state index contributed by atoms with van der Waals surface area (Å²) < 4.78 is 0. The summed E-state index contributed by atoms with van der Waals surface area (Å²) in [4.78, 5) is 15.9. The average Bonchev–Trinajstić information content (AvgIpc) is 2.72. The first kappa shape index (κ1) is 19.0. The standard InChI is InChI=1S/C22H28N2OS/c1-23-14-11-18-12-15-24(16-13-18)22(25)20-7-9-21(10-8-20)26-17-19-5-3-2-4-6-19/h2-10,18,23H,11-17H2,1H3. The van der Waals surface area contributed by atoms with Gasteiger partial charge in [0.25, 0.3) is 5.91 Å². The lowest BCUT2D eigenvalue weighted by Gasteiger charge is -2.32. The molecule has 26 heavy (non-hydrogen) atoms. The van der Waals surface area contributed by atoms with Crippen LogP contribution < -0.4 is 5.32 Å². The van der Waals surface area contributed by atoms with Crippen LogP contribution in [-0.4, -0.2) is 37.5 Å². The minimum Gasteiger partial charge on any atom is -0.339 e. The van der Waals surface area contributed by atoms with E-state index in [4.69, 9.17) is 0 Å². The second-order valence-electron chi connectivity index (χ2n) is 6.93. The number of piperidine rings is 1. The molecule has 1 heterocycles. The number of carbonyl (C=O) groups is 1. The molecule has 2 aromatic carbocycles. The number of nitrogens with zero attached hydrogens (tertiary/aromatic N) is 1. The van der Waals surface area contributed by atoms with E-state index in [-0.39, 0.29) is 5.91 Å². The van der Waals surface area contributed by atoms with E-state index in [1.165, 1.54) is 16.9 Å². The van der Waals surface area contributed by atoms with Crippen LogP contribution in [0.1, 0.15) is 35.2 Å². The molecule has 0 bridgehead atoms. The van der Waals surface area contributed by atoms with Gasteiger partial charge in [0.05, 0.1) is 0 Å². The molecule has 0 radical (unpaired) electrons. The van der Waals surface area contributed by atoms with Gasteiger partial charge in [-0.1, -0.05) is 30.3 Å². The summed E-state index contributed by atoms with van der Waals surface area (Å²) in [7, 11) is 2.00. The summed E-state index contributed by atoms with van der Waals surface area (Å²) in [6, 6.07) is 18.6. The summed E-state index contributed by atoms with van der Waals surface area (Å²) in [5.41, 5.74) is 2.13. The molecule has 0 spiro atoms. The van der Waals surface area contributed by atoms with Crippen molar-refractivity contribution in [3.63, 3.8) is 0 Å². The Morgan fingerprint density at radius 1 is 1.08 bits per heavy atom. The molecule has 0 atom stereocenters. The SMILES string of the molecule is CNCCC1CCN(C(=O)c2ccc(SCc3ccccc3)cc2)CC1. The average molecular weight is 369 g/mol. The normalized spacial score (nSPS) is 15.2. The fourth-order valence-corrected chi connectivity index (χ4v) is 4.24. The minimum absolute atomic E-state index is 0.177. The lowest BCUT2D eigenvalue weighted by atomic mass is 9.93. The number of likely N-dealkylation sites (tertiary alicyclic amines) is 1. The molecule has 0 saturated carbocycles. The Bertz CT molecular complexity index is 679. The highest BCUT2D eigenvalue weighted by Crippen LogP contribution is 2.25. The van der Waals surface area contributed by atoms with Crippen LogP contribution >= 0.6 is 11.8 Å². The zero-order chi connectivity index (χ0) is 18.2. The third-order valence-electron chi connectivity index (χ3n) is 5.05. The summed E-state index contributed by atoms with van der Waals surface area (Å²) in [5, 5.41) is 3.22. The second-order valence-corrected chi connectivity index (χ2v) is 7.98. The third-order valence-corrected chi connectivity index (χ3v) is 6.14. The van der Waals surface area contributed by atoms with Gasteiger partial charge in [-0.25, -0.2) is 0 Å². The van der Waals surface area contributed by atoms with Crippen LogP contribution in [0, 0.1) is 5.92 Å². The number of hydrogen-bond donors (Lipinski definition) is 1. The van der Waals surface area contributed by atoms with Crippen LogP contribution in [0.3, 0.4) is 0 Å². The summed E-state index contributed by atoms with van der Waals surface area (Å²) >= 11 is 1.81. The zero-order valence-electron chi connectivity index (χ0n) is 15.5. The van der Waals surface area contributed by atoms with Crippen molar-refractivity contribution in [2.75, 3.05) is 26.7 Å². The maximum Gasteiger partial charge on any atom is 0.253 e. The van der Waals surface area contributed by atoms with Gasteiger partial charge in [0, 0.05) is 29.3 Å². The molecule has 0 unspecified atom stereocenters. The Morgan fingerprint density at radius 2 is 1.77 bits per heavy atom. The number of carbonyl (C=O) groups excluding carboxylic acids is 1. The van der Waals surface area contributed by atoms with Gasteiger partial charge in [-0.15, -0.1) is 11.8 Å². The molecule has 1 amide bonds. The third kappa shape index (κ3) is 5.36. The Morgan fingerprint density at radius 3 is 2.42 bits per heavy atom. The fourth-order valence-electron chi connectivity index (χ4n) is 3.39. The van der Waals surface area contributed by atoms with Gasteiger partial charge in [0.1, 0.15) is 0 Å². The van der Waals surface area contributed by atoms with Gasteiger partial charge in [-0.05, 0) is 68.6 Å². The molecule has 2 aromatic rings. The maximum absolute atomic E-state index is 12.7. The fraction of sp³-hybridized carbons (Fsp3) is 0.409. The van der Waals surface area contributed by atoms with Crippen LogP contribution in [0.2, 0.25) is 0 Å². The van der Waals surface area contributed by atoms with E-state index in [0.29, 0.717) is 0 Å². The van der Waals surface area contributed by atoms with Gasteiger partial charge >= 0.3 is 0 Å². The molecule has 1 N–H and O–H groups in total. The van der Waals surface area contributed by atoms with Crippen LogP contribution in [0.25, 0.3) is 0 Å². The number of thioether (sulfide) groups is 1. The van der Waals surface area contributed by atoms with Crippen molar-refractivity contribution in [1.29, 1.82) is 0 Å². The van der Waals surface area contributed by atoms with Crippen molar-refractivity contribution in [3.05, 3.63) is 65.7 Å². The van der Waals surface area contributed by atoms with Crippen molar-refractivity contribution in [2.24, 2.45) is 5.92 Å². The molecular formula is C22H28N2OS. The Labute approximate surface area is 161 Å². The van der Waals surface area contributed by atoms with Gasteiger partial charge in [-0.2, -0.15) is 0 Å². The Hall–Kier alpha value is -1.78. The van der Waals surface area contributed by atoms with E-state index in [9.17, 15) is 4.79 Å². The van der Waals surface area contributed by atoms with E-state index in [1.807, 2.05) is 30.1 Å². The monoisotopic (exact) mass is 368 g/mol. The first-order chi connectivity index (χ1) is 12.8. The summed E-state index contributed by atoms with van der Waals surface area (Å²) in [6.45, 7) is 2.84. The van der Waals surface area contributed by atoms with Crippen molar-refractivity contribution < 1.29 is 4.79 Å². The predicted molar refractivity (Wildman–Crippen MR) is 110 cm³/mol. The van der Waals surface area contributed by atoms with Crippen LogP contribution in [0.5, 0.6) is 0 Å². The van der Waals surface area contributed by atoms with E-state index in [1.54, 1.807) is 11.8 Å². The molecule has 1 fully saturated rings. The molecule has 3 rings (SSSR count). The van der Waals surface area contributed by atoms with E-state index >= 15 is 0 Å². The first-order valence-corrected chi connectivity index (χ1v) is 10.5. The van der Waals surface area contributed by atoms with Crippen molar-refractivity contribution in [2.45, 2.75) is 29.9 Å². The smallest absolute Gasteiger partial charge is 0.253 e. The predicted octanol–water partition coefficient (Wildman–Crippen LogP) is 4.44. The maximum atomic E-state index is 12.7. The molecule has 3 nitrogen and oxygen atoms in total. The largest absolute Gasteiger partial charge is 0.339 e. The lowest BCUT2D eigenvalue weighted by molar-refractivity contribution is 0.0687. The molecule has 138 valence electrons. The van der Waals surface area contributed by atoms with E-state index in [0.717, 1.165) is 49.7 Å². The number of hydrogen-bond acceptors (Lipinski definition) is 3. The highest BCUT2D eigenvalue weighted by atomic mass is 32.2. The van der Waals surface area contributed by atoms with Gasteiger partial charge in [-0.3, -0.25) is 4.79 Å². The molecular weight excluding hydrogens is 340 g/mol. The minimum atomic E-state index is 0.177. The van der Waals surface area contributed by atoms with Crippen LogP contribution in [0.15, 0.2) is 59.5 Å². The molecule has 0 aromatic heterocycles. The number of benzene rings is 2. The highest BCUT2D eigenvalue weighted by Gasteiger charge is 2.23. The van der Waals surface area contributed by atoms with E-state index < -0.39 is 0 Å². The summed E-state index contributed by atoms with van der Waals surface area (Å²) in [6.07, 6.45) is 3.46. The lowest BCUT2D eigenvalue weighted by Crippen LogP contribution is -2.38.